The lowest BCUT2D eigenvalue weighted by Crippen LogP contribution is -2.36. The van der Waals surface area contributed by atoms with Gasteiger partial charge in [-0.3, -0.25) is 4.79 Å². The second-order valence-corrected chi connectivity index (χ2v) is 6.28. The van der Waals surface area contributed by atoms with Crippen LogP contribution in [0.2, 0.25) is 0 Å². The van der Waals surface area contributed by atoms with Crippen molar-refractivity contribution in [3.63, 3.8) is 0 Å². The first-order chi connectivity index (χ1) is 10.5. The number of nitrogens with one attached hydrogen (secondary N) is 1. The van der Waals surface area contributed by atoms with Crippen LogP contribution in [0.5, 0.6) is 0 Å². The highest BCUT2D eigenvalue weighted by molar-refractivity contribution is 9.10. The molecule has 1 heterocycles. The lowest BCUT2D eigenvalue weighted by molar-refractivity contribution is 0.303. The molecule has 2 rings (SSSR count). The van der Waals surface area contributed by atoms with E-state index < -0.39 is 0 Å². The third-order valence-electron chi connectivity index (χ3n) is 3.65. The third-order valence-corrected chi connectivity index (χ3v) is 4.42. The summed E-state index contributed by atoms with van der Waals surface area (Å²) in [6.07, 6.45) is 2.61. The molecule has 1 aromatic carbocycles. The van der Waals surface area contributed by atoms with Crippen LogP contribution in [0.25, 0.3) is 0 Å². The Hall–Kier alpha value is -1.66. The number of nitrogens with zero attached hydrogens (tertiary/aromatic N) is 3. The van der Waals surface area contributed by atoms with Gasteiger partial charge in [0.2, 0.25) is 0 Å². The normalized spacial score (nSPS) is 12.4. The lowest BCUT2D eigenvalue weighted by atomic mass is 10.1. The molecular weight excluding hydrogens is 344 g/mol. The van der Waals surface area contributed by atoms with Crippen LogP contribution in [-0.2, 0) is 13.5 Å². The first-order valence-corrected chi connectivity index (χ1v) is 7.94. The molecule has 1 unspecified atom stereocenters. The van der Waals surface area contributed by atoms with Gasteiger partial charge in [-0.2, -0.15) is 5.10 Å². The summed E-state index contributed by atoms with van der Waals surface area (Å²) >= 11 is 3.34. The van der Waals surface area contributed by atoms with Crippen molar-refractivity contribution in [2.75, 3.05) is 26.0 Å². The maximum atomic E-state index is 11.9. The Labute approximate surface area is 139 Å². The Morgan fingerprint density at radius 2 is 2.00 bits per heavy atom. The van der Waals surface area contributed by atoms with Crippen LogP contribution in [0.3, 0.4) is 0 Å². The highest BCUT2D eigenvalue weighted by atomic mass is 79.9. The van der Waals surface area contributed by atoms with E-state index in [0.29, 0.717) is 10.5 Å². The predicted molar refractivity (Wildman–Crippen MR) is 93.3 cm³/mol. The van der Waals surface area contributed by atoms with Crippen LogP contribution in [0, 0.1) is 0 Å². The summed E-state index contributed by atoms with van der Waals surface area (Å²) in [6, 6.07) is 10.7. The molecule has 118 valence electrons. The van der Waals surface area contributed by atoms with Crippen LogP contribution >= 0.6 is 15.9 Å². The molecule has 0 spiro atoms. The van der Waals surface area contributed by atoms with Crippen LogP contribution in [0.1, 0.15) is 5.56 Å². The van der Waals surface area contributed by atoms with Crippen LogP contribution in [-0.4, -0.2) is 41.4 Å². The van der Waals surface area contributed by atoms with Gasteiger partial charge in [0.1, 0.15) is 4.47 Å². The molecule has 0 amide bonds. The van der Waals surface area contributed by atoms with Crippen LogP contribution in [0.15, 0.2) is 45.8 Å². The van der Waals surface area contributed by atoms with Crippen molar-refractivity contribution >= 4 is 21.6 Å². The van der Waals surface area contributed by atoms with Gasteiger partial charge in [0.05, 0.1) is 11.9 Å². The van der Waals surface area contributed by atoms with Crippen molar-refractivity contribution in [3.8, 4) is 0 Å². The first-order valence-electron chi connectivity index (χ1n) is 7.15. The van der Waals surface area contributed by atoms with Gasteiger partial charge in [0, 0.05) is 19.6 Å². The van der Waals surface area contributed by atoms with Gasteiger partial charge in [-0.1, -0.05) is 30.3 Å². The first kappa shape index (κ1) is 16.7. The molecule has 0 radical (unpaired) electrons. The predicted octanol–water partition coefficient (Wildman–Crippen LogP) is 2.13. The molecule has 0 aliphatic rings. The maximum Gasteiger partial charge on any atom is 0.282 e. The zero-order valence-corrected chi connectivity index (χ0v) is 14.7. The van der Waals surface area contributed by atoms with Crippen molar-refractivity contribution in [1.82, 2.24) is 14.7 Å². The van der Waals surface area contributed by atoms with E-state index in [4.69, 9.17) is 0 Å². The van der Waals surface area contributed by atoms with Crippen molar-refractivity contribution < 1.29 is 0 Å². The second-order valence-electron chi connectivity index (χ2n) is 5.49. The van der Waals surface area contributed by atoms with E-state index in [-0.39, 0.29) is 5.56 Å². The molecule has 0 aliphatic carbocycles. The van der Waals surface area contributed by atoms with E-state index in [0.717, 1.165) is 18.7 Å². The van der Waals surface area contributed by atoms with Gasteiger partial charge in [0.25, 0.3) is 5.56 Å². The monoisotopic (exact) mass is 364 g/mol. The Bertz CT molecular complexity index is 670. The minimum absolute atomic E-state index is 0.144. The maximum absolute atomic E-state index is 11.9. The Morgan fingerprint density at radius 3 is 2.64 bits per heavy atom. The largest absolute Gasteiger partial charge is 0.381 e. The van der Waals surface area contributed by atoms with Gasteiger partial charge < -0.3 is 10.2 Å². The minimum Gasteiger partial charge on any atom is -0.381 e. The van der Waals surface area contributed by atoms with E-state index in [1.807, 2.05) is 6.07 Å². The summed E-state index contributed by atoms with van der Waals surface area (Å²) < 4.78 is 1.82. The smallest absolute Gasteiger partial charge is 0.282 e. The molecule has 1 aromatic heterocycles. The van der Waals surface area contributed by atoms with Crippen molar-refractivity contribution in [3.05, 3.63) is 56.9 Å². The zero-order valence-electron chi connectivity index (χ0n) is 13.1. The number of aromatic nitrogens is 2. The molecule has 0 saturated heterocycles. The van der Waals surface area contributed by atoms with E-state index in [1.165, 1.54) is 10.2 Å². The molecule has 22 heavy (non-hydrogen) atoms. The van der Waals surface area contributed by atoms with Gasteiger partial charge in [-0.05, 0) is 42.0 Å². The number of rotatable bonds is 6. The van der Waals surface area contributed by atoms with Gasteiger partial charge in [-0.15, -0.1) is 0 Å². The van der Waals surface area contributed by atoms with Crippen molar-refractivity contribution in [2.45, 2.75) is 12.5 Å². The average Bonchev–Trinajstić information content (AvgIpc) is 2.51. The second kappa shape index (κ2) is 7.56. The van der Waals surface area contributed by atoms with Crippen LogP contribution < -0.4 is 10.9 Å². The highest BCUT2D eigenvalue weighted by Gasteiger charge is 2.14. The fourth-order valence-electron chi connectivity index (χ4n) is 2.19. The van der Waals surface area contributed by atoms with E-state index in [2.05, 4.69) is 69.6 Å². The molecular formula is C16H21BrN4O. The number of likely N-dealkylation sites (N-methyl/N-ethyl adjacent to an activating group) is 1. The molecule has 1 atom stereocenters. The minimum atomic E-state index is -0.144. The van der Waals surface area contributed by atoms with E-state index >= 15 is 0 Å². The summed E-state index contributed by atoms with van der Waals surface area (Å²) in [4.78, 5) is 14.0. The number of hydrogen-bond donors (Lipinski definition) is 1. The number of halogens is 1. The number of anilines is 1. The number of benzene rings is 1. The molecule has 1 N–H and O–H groups in total. The molecule has 5 nitrogen and oxygen atoms in total. The molecule has 0 bridgehead atoms. The Balaban J connectivity index is 2.07. The van der Waals surface area contributed by atoms with Crippen molar-refractivity contribution in [2.24, 2.45) is 7.05 Å². The summed E-state index contributed by atoms with van der Waals surface area (Å²) in [5.41, 5.74) is 1.88. The lowest BCUT2D eigenvalue weighted by Gasteiger charge is -2.25. The van der Waals surface area contributed by atoms with Gasteiger partial charge >= 0.3 is 0 Å². The van der Waals surface area contributed by atoms with Crippen LogP contribution in [0.4, 0.5) is 5.69 Å². The molecule has 0 saturated carbocycles. The molecule has 0 aliphatic heterocycles. The van der Waals surface area contributed by atoms with E-state index in [9.17, 15) is 4.79 Å². The van der Waals surface area contributed by atoms with Gasteiger partial charge in [-0.25, -0.2) is 4.68 Å². The van der Waals surface area contributed by atoms with E-state index in [1.54, 1.807) is 13.2 Å². The SMILES string of the molecule is CN(C)C(CNc1cnn(C)c(=O)c1Br)Cc1ccccc1. The fraction of sp³-hybridized carbons (Fsp3) is 0.375. The molecule has 2 aromatic rings. The number of aryl methyl sites for hydroxylation is 1. The molecule has 6 heteroatoms. The number of hydrogen-bond acceptors (Lipinski definition) is 4. The summed E-state index contributed by atoms with van der Waals surface area (Å²) in [6.45, 7) is 0.731. The molecule has 0 fully saturated rings. The van der Waals surface area contributed by atoms with Gasteiger partial charge in [0.15, 0.2) is 0 Å². The highest BCUT2D eigenvalue weighted by Crippen LogP contribution is 2.16. The Morgan fingerprint density at radius 1 is 1.32 bits per heavy atom. The fourth-order valence-corrected chi connectivity index (χ4v) is 2.68. The standard InChI is InChI=1S/C16H21BrN4O/c1-20(2)13(9-12-7-5-4-6-8-12)10-18-14-11-19-21(3)16(22)15(14)17/h4-8,11,13,18H,9-10H2,1-3H3. The summed E-state index contributed by atoms with van der Waals surface area (Å²) in [7, 11) is 5.76. The zero-order chi connectivity index (χ0) is 16.1. The average molecular weight is 365 g/mol. The summed E-state index contributed by atoms with van der Waals surface area (Å²) in [5, 5.41) is 7.36. The Kier molecular flexibility index (Phi) is 5.74. The third kappa shape index (κ3) is 4.18. The summed E-state index contributed by atoms with van der Waals surface area (Å²) in [5.74, 6) is 0. The quantitative estimate of drug-likeness (QED) is 0.852. The van der Waals surface area contributed by atoms with Crippen molar-refractivity contribution in [1.29, 1.82) is 0 Å². The topological polar surface area (TPSA) is 50.2 Å².